The zero-order valence-corrected chi connectivity index (χ0v) is 19.5. The lowest BCUT2D eigenvalue weighted by Gasteiger charge is -2.38. The van der Waals surface area contributed by atoms with Crippen LogP contribution < -0.4 is 48.0 Å². The fourth-order valence-electron chi connectivity index (χ4n) is 7.11. The third kappa shape index (κ3) is 2.68. The SMILES string of the molecule is C(C[N+]12CCN3CCN(CC1)C32)C[N+]12CCN3CCN(CC1)C32.[I-].[I-]. The molecule has 8 heteroatoms. The van der Waals surface area contributed by atoms with Crippen molar-refractivity contribution in [3.8, 4) is 0 Å². The van der Waals surface area contributed by atoms with Gasteiger partial charge in [-0.1, -0.05) is 0 Å². The Morgan fingerprint density at radius 3 is 1.16 bits per heavy atom. The molecule has 0 bridgehead atoms. The molecule has 0 radical (unpaired) electrons. The van der Waals surface area contributed by atoms with Crippen LogP contribution in [0.25, 0.3) is 0 Å². The molecule has 6 saturated heterocycles. The zero-order chi connectivity index (χ0) is 15.1. The van der Waals surface area contributed by atoms with Crippen LogP contribution in [0.3, 0.4) is 0 Å². The van der Waals surface area contributed by atoms with Crippen LogP contribution in [0.2, 0.25) is 0 Å². The Hall–Kier alpha value is 1.22. The first-order valence-electron chi connectivity index (χ1n) is 9.98. The summed E-state index contributed by atoms with van der Waals surface area (Å²) in [6, 6.07) is 0. The van der Waals surface area contributed by atoms with Crippen molar-refractivity contribution in [3.63, 3.8) is 0 Å². The lowest BCUT2D eigenvalue weighted by Crippen LogP contribution is -3.00. The fraction of sp³-hybridized carbons (Fsp3) is 1.00. The van der Waals surface area contributed by atoms with Crippen LogP contribution in [0.4, 0.5) is 0 Å². The third-order valence-corrected chi connectivity index (χ3v) is 8.17. The normalized spacial score (nSPS) is 45.6. The number of nitrogens with zero attached hydrogens (tertiary/aromatic N) is 6. The summed E-state index contributed by atoms with van der Waals surface area (Å²) in [4.78, 5) is 11.1. The summed E-state index contributed by atoms with van der Waals surface area (Å²) in [7, 11) is 0. The highest BCUT2D eigenvalue weighted by molar-refractivity contribution is 4.87. The topological polar surface area (TPSA) is 13.0 Å². The first-order valence-corrected chi connectivity index (χ1v) is 9.98. The Labute approximate surface area is 186 Å². The smallest absolute Gasteiger partial charge is 0.205 e. The van der Waals surface area contributed by atoms with Gasteiger partial charge in [-0.15, -0.1) is 0 Å². The van der Waals surface area contributed by atoms with E-state index < -0.39 is 0 Å². The monoisotopic (exact) mass is 574 g/mol. The second kappa shape index (κ2) is 6.93. The molecule has 0 aromatic carbocycles. The van der Waals surface area contributed by atoms with Crippen molar-refractivity contribution in [2.75, 3.05) is 91.6 Å². The van der Waals surface area contributed by atoms with E-state index in [4.69, 9.17) is 0 Å². The molecule has 0 spiro atoms. The first kappa shape index (κ1) is 19.5. The molecule has 0 atom stereocenters. The van der Waals surface area contributed by atoms with Crippen molar-refractivity contribution in [2.45, 2.75) is 19.0 Å². The maximum Gasteiger partial charge on any atom is 0.205 e. The van der Waals surface area contributed by atoms with Gasteiger partial charge in [0.25, 0.3) is 0 Å². The summed E-state index contributed by atoms with van der Waals surface area (Å²) in [5, 5.41) is 0. The van der Waals surface area contributed by atoms with Crippen LogP contribution in [0, 0.1) is 0 Å². The van der Waals surface area contributed by atoms with Gasteiger partial charge in [0.15, 0.2) is 0 Å². The summed E-state index contributed by atoms with van der Waals surface area (Å²) >= 11 is 0. The van der Waals surface area contributed by atoms with Gasteiger partial charge in [-0.25, -0.2) is 19.6 Å². The predicted molar refractivity (Wildman–Crippen MR) is 88.2 cm³/mol. The van der Waals surface area contributed by atoms with E-state index in [9.17, 15) is 0 Å². The van der Waals surface area contributed by atoms with Crippen molar-refractivity contribution < 1.29 is 56.9 Å². The van der Waals surface area contributed by atoms with Crippen LogP contribution in [0.1, 0.15) is 6.42 Å². The Bertz CT molecular complexity index is 443. The first-order chi connectivity index (χ1) is 11.3. The Morgan fingerprint density at radius 1 is 0.520 bits per heavy atom. The maximum atomic E-state index is 2.77. The van der Waals surface area contributed by atoms with Crippen LogP contribution in [0.15, 0.2) is 0 Å². The van der Waals surface area contributed by atoms with Crippen LogP contribution in [0.5, 0.6) is 0 Å². The van der Waals surface area contributed by atoms with Gasteiger partial charge in [-0.3, -0.25) is 8.97 Å². The van der Waals surface area contributed by atoms with Gasteiger partial charge in [-0.2, -0.15) is 0 Å². The molecule has 0 N–H and O–H groups in total. The minimum atomic E-state index is 0. The van der Waals surface area contributed by atoms with E-state index in [1.165, 1.54) is 107 Å². The largest absolute Gasteiger partial charge is 1.00 e. The van der Waals surface area contributed by atoms with Gasteiger partial charge >= 0.3 is 0 Å². The van der Waals surface area contributed by atoms with Crippen LogP contribution >= 0.6 is 0 Å². The number of quaternary nitrogens is 2. The maximum absolute atomic E-state index is 2.77. The molecule has 6 nitrogen and oxygen atoms in total. The molecule has 0 saturated carbocycles. The highest BCUT2D eigenvalue weighted by Gasteiger charge is 2.59. The molecule has 144 valence electrons. The van der Waals surface area contributed by atoms with Crippen molar-refractivity contribution in [1.82, 2.24) is 19.6 Å². The molecule has 6 aliphatic heterocycles. The number of halogens is 2. The highest BCUT2D eigenvalue weighted by Crippen LogP contribution is 2.38. The minimum Gasteiger partial charge on any atom is -1.00 e. The molecule has 6 aliphatic rings. The second-order valence-electron chi connectivity index (χ2n) is 8.97. The number of rotatable bonds is 4. The summed E-state index contributed by atoms with van der Waals surface area (Å²) in [5.41, 5.74) is 0. The van der Waals surface area contributed by atoms with Gasteiger partial charge in [0.05, 0.1) is 65.4 Å². The lowest BCUT2D eigenvalue weighted by molar-refractivity contribution is -0.954. The van der Waals surface area contributed by atoms with E-state index in [2.05, 4.69) is 19.6 Å². The molecule has 0 amide bonds. The van der Waals surface area contributed by atoms with E-state index in [1.54, 1.807) is 0 Å². The summed E-state index contributed by atoms with van der Waals surface area (Å²) in [6.07, 6.45) is 2.98. The molecule has 0 aromatic heterocycles. The molecule has 0 aliphatic carbocycles. The molecular formula is C17H32I2N6. The van der Waals surface area contributed by atoms with Gasteiger partial charge in [0.2, 0.25) is 12.6 Å². The van der Waals surface area contributed by atoms with E-state index in [0.717, 1.165) is 12.6 Å². The lowest BCUT2D eigenvalue weighted by atomic mass is 10.2. The van der Waals surface area contributed by atoms with Gasteiger partial charge < -0.3 is 48.0 Å². The molecule has 6 fully saturated rings. The predicted octanol–water partition coefficient (Wildman–Crippen LogP) is -7.13. The molecule has 6 heterocycles. The highest BCUT2D eigenvalue weighted by atomic mass is 127. The van der Waals surface area contributed by atoms with E-state index in [-0.39, 0.29) is 48.0 Å². The quantitative estimate of drug-likeness (QED) is 0.245. The van der Waals surface area contributed by atoms with Gasteiger partial charge in [0, 0.05) is 32.6 Å². The molecule has 6 rings (SSSR count). The number of hydrogen-bond donors (Lipinski definition) is 0. The summed E-state index contributed by atoms with van der Waals surface area (Å²) in [5.74, 6) is 0. The zero-order valence-electron chi connectivity index (χ0n) is 15.2. The Balaban J connectivity index is 0.000000784. The average Bonchev–Trinajstić information content (AvgIpc) is 3.31. The Kier molecular flexibility index (Phi) is 5.41. The second-order valence-corrected chi connectivity index (χ2v) is 8.97. The number of hydrogen-bond acceptors (Lipinski definition) is 4. The van der Waals surface area contributed by atoms with Crippen molar-refractivity contribution in [2.24, 2.45) is 0 Å². The fourth-order valence-corrected chi connectivity index (χ4v) is 7.11. The van der Waals surface area contributed by atoms with Gasteiger partial charge in [-0.05, 0) is 0 Å². The standard InChI is InChI=1S/C17H32N6.2HI/c1(10-22-12-6-18-2-3-19(7-13-22)16(18)22)11-23-14-8-20-4-5-21(9-15-23)17(20)23;;/h16-17H,1-15H2;2*1H/q+2;;/p-2. The Morgan fingerprint density at radius 2 is 0.840 bits per heavy atom. The molecule has 0 unspecified atom stereocenters. The summed E-state index contributed by atoms with van der Waals surface area (Å²) < 4.78 is 2.83. The van der Waals surface area contributed by atoms with E-state index in [0.29, 0.717) is 0 Å². The average molecular weight is 574 g/mol. The van der Waals surface area contributed by atoms with E-state index >= 15 is 0 Å². The third-order valence-electron chi connectivity index (χ3n) is 8.17. The molecule has 25 heavy (non-hydrogen) atoms. The van der Waals surface area contributed by atoms with E-state index in [1.807, 2.05) is 0 Å². The van der Waals surface area contributed by atoms with Gasteiger partial charge in [0.1, 0.15) is 0 Å². The van der Waals surface area contributed by atoms with Crippen LogP contribution in [-0.2, 0) is 0 Å². The van der Waals surface area contributed by atoms with Crippen molar-refractivity contribution >= 4 is 0 Å². The molecular weight excluding hydrogens is 542 g/mol. The van der Waals surface area contributed by atoms with Crippen molar-refractivity contribution in [1.29, 1.82) is 0 Å². The molecule has 0 aromatic rings. The van der Waals surface area contributed by atoms with Crippen molar-refractivity contribution in [3.05, 3.63) is 0 Å². The van der Waals surface area contributed by atoms with Crippen LogP contribution in [-0.4, -0.2) is 133 Å². The minimum absolute atomic E-state index is 0. The summed E-state index contributed by atoms with van der Waals surface area (Å²) in [6.45, 7) is 19.3.